The number of fused-ring (bicyclic) bond motifs is 1. The minimum atomic E-state index is 0.639. The fraction of sp³-hybridized carbons (Fsp3) is 0.824. The first-order valence-corrected chi connectivity index (χ1v) is 8.64. The van der Waals surface area contributed by atoms with Crippen molar-refractivity contribution in [3.8, 4) is 0 Å². The minimum Gasteiger partial charge on any atom is -0.333 e. The van der Waals surface area contributed by atoms with Gasteiger partial charge in [-0.25, -0.2) is 4.98 Å². The van der Waals surface area contributed by atoms with Crippen LogP contribution in [-0.4, -0.2) is 22.1 Å². The van der Waals surface area contributed by atoms with Crippen LogP contribution in [0.15, 0.2) is 6.33 Å². The van der Waals surface area contributed by atoms with Crippen molar-refractivity contribution < 1.29 is 0 Å². The van der Waals surface area contributed by atoms with Crippen molar-refractivity contribution in [2.75, 3.05) is 6.54 Å². The van der Waals surface area contributed by atoms with E-state index in [9.17, 15) is 0 Å². The third-order valence-electron chi connectivity index (χ3n) is 5.19. The molecule has 2 aliphatic rings. The Labute approximate surface area is 123 Å². The third-order valence-corrected chi connectivity index (χ3v) is 5.19. The van der Waals surface area contributed by atoms with E-state index in [2.05, 4.69) is 28.1 Å². The maximum Gasteiger partial charge on any atom is 0.0952 e. The van der Waals surface area contributed by atoms with Gasteiger partial charge in [-0.1, -0.05) is 26.2 Å². The lowest BCUT2D eigenvalue weighted by Crippen LogP contribution is -2.40. The Morgan fingerprint density at radius 1 is 1.20 bits per heavy atom. The summed E-state index contributed by atoms with van der Waals surface area (Å²) in [5.41, 5.74) is 2.89. The van der Waals surface area contributed by atoms with E-state index in [0.717, 1.165) is 19.0 Å². The van der Waals surface area contributed by atoms with E-state index in [1.165, 1.54) is 69.2 Å². The lowest BCUT2D eigenvalue weighted by atomic mass is 9.83. The summed E-state index contributed by atoms with van der Waals surface area (Å²) < 4.78 is 2.45. The van der Waals surface area contributed by atoms with Crippen LogP contribution in [-0.2, 0) is 19.4 Å². The van der Waals surface area contributed by atoms with Crippen LogP contribution in [0.25, 0.3) is 0 Å². The number of nitrogens with zero attached hydrogens (tertiary/aromatic N) is 2. The number of aromatic nitrogens is 2. The van der Waals surface area contributed by atoms with Crippen molar-refractivity contribution >= 4 is 0 Å². The second kappa shape index (κ2) is 6.75. The van der Waals surface area contributed by atoms with Gasteiger partial charge in [-0.05, 0) is 51.0 Å². The monoisotopic (exact) mass is 275 g/mol. The van der Waals surface area contributed by atoms with E-state index in [0.29, 0.717) is 6.04 Å². The Bertz CT molecular complexity index is 418. The van der Waals surface area contributed by atoms with Crippen molar-refractivity contribution in [1.82, 2.24) is 14.9 Å². The molecule has 0 saturated heterocycles. The van der Waals surface area contributed by atoms with Gasteiger partial charge in [-0.3, -0.25) is 0 Å². The molecular weight excluding hydrogens is 246 g/mol. The first-order chi connectivity index (χ1) is 9.88. The molecule has 20 heavy (non-hydrogen) atoms. The van der Waals surface area contributed by atoms with E-state index >= 15 is 0 Å². The molecule has 3 heteroatoms. The summed E-state index contributed by atoms with van der Waals surface area (Å²) in [7, 11) is 0. The molecule has 1 unspecified atom stereocenters. The van der Waals surface area contributed by atoms with E-state index < -0.39 is 0 Å². The van der Waals surface area contributed by atoms with Gasteiger partial charge < -0.3 is 9.88 Å². The predicted molar refractivity (Wildman–Crippen MR) is 82.9 cm³/mol. The highest BCUT2D eigenvalue weighted by molar-refractivity contribution is 5.16. The van der Waals surface area contributed by atoms with Gasteiger partial charge in [0.1, 0.15) is 0 Å². The average Bonchev–Trinajstić information content (AvgIpc) is 2.91. The predicted octanol–water partition coefficient (Wildman–Crippen LogP) is 3.32. The van der Waals surface area contributed by atoms with E-state index in [1.54, 1.807) is 0 Å². The zero-order valence-corrected chi connectivity index (χ0v) is 12.9. The molecule has 2 aliphatic carbocycles. The summed E-state index contributed by atoms with van der Waals surface area (Å²) in [5, 5.41) is 3.75. The Morgan fingerprint density at radius 3 is 2.80 bits per heavy atom. The Kier molecular flexibility index (Phi) is 4.77. The number of hydrogen-bond donors (Lipinski definition) is 1. The molecule has 112 valence electrons. The Balaban J connectivity index is 1.70. The van der Waals surface area contributed by atoms with Gasteiger partial charge in [0.15, 0.2) is 0 Å². The molecule has 0 spiro atoms. The van der Waals surface area contributed by atoms with Crippen LogP contribution >= 0.6 is 0 Å². The molecule has 1 fully saturated rings. The van der Waals surface area contributed by atoms with Crippen molar-refractivity contribution in [2.24, 2.45) is 5.92 Å². The van der Waals surface area contributed by atoms with Gasteiger partial charge in [0.2, 0.25) is 0 Å². The van der Waals surface area contributed by atoms with Gasteiger partial charge in [0.05, 0.1) is 12.0 Å². The average molecular weight is 275 g/mol. The van der Waals surface area contributed by atoms with Gasteiger partial charge >= 0.3 is 0 Å². The second-order valence-electron chi connectivity index (χ2n) is 6.56. The van der Waals surface area contributed by atoms with Crippen LogP contribution in [0, 0.1) is 5.92 Å². The molecule has 1 aromatic heterocycles. The highest BCUT2D eigenvalue weighted by atomic mass is 15.1. The van der Waals surface area contributed by atoms with E-state index in [-0.39, 0.29) is 0 Å². The van der Waals surface area contributed by atoms with Crippen LogP contribution in [0.2, 0.25) is 0 Å². The SMILES string of the molecule is CCNC(Cn1cnc2c1CCCC2)C1CCCCC1. The van der Waals surface area contributed by atoms with E-state index in [1.807, 2.05) is 0 Å². The van der Waals surface area contributed by atoms with Crippen LogP contribution in [0.5, 0.6) is 0 Å². The maximum absolute atomic E-state index is 4.65. The fourth-order valence-electron chi connectivity index (χ4n) is 4.08. The molecule has 1 heterocycles. The third kappa shape index (κ3) is 3.08. The Morgan fingerprint density at radius 2 is 2.00 bits per heavy atom. The first-order valence-electron chi connectivity index (χ1n) is 8.64. The van der Waals surface area contributed by atoms with Gasteiger partial charge in [0.25, 0.3) is 0 Å². The molecule has 1 atom stereocenters. The summed E-state index contributed by atoms with van der Waals surface area (Å²) in [4.78, 5) is 4.65. The summed E-state index contributed by atoms with van der Waals surface area (Å²) in [6, 6.07) is 0.639. The summed E-state index contributed by atoms with van der Waals surface area (Å²) >= 11 is 0. The molecular formula is C17H29N3. The number of aryl methyl sites for hydroxylation is 1. The molecule has 0 aliphatic heterocycles. The zero-order chi connectivity index (χ0) is 13.8. The first kappa shape index (κ1) is 14.1. The maximum atomic E-state index is 4.65. The van der Waals surface area contributed by atoms with Crippen molar-refractivity contribution in [3.05, 3.63) is 17.7 Å². The topological polar surface area (TPSA) is 29.9 Å². The van der Waals surface area contributed by atoms with Crippen molar-refractivity contribution in [1.29, 1.82) is 0 Å². The quantitative estimate of drug-likeness (QED) is 0.893. The fourth-order valence-corrected chi connectivity index (χ4v) is 4.08. The number of nitrogens with one attached hydrogen (secondary N) is 1. The van der Waals surface area contributed by atoms with Gasteiger partial charge in [-0.15, -0.1) is 0 Å². The summed E-state index contributed by atoms with van der Waals surface area (Å²) in [6.45, 7) is 4.44. The zero-order valence-electron chi connectivity index (χ0n) is 12.9. The van der Waals surface area contributed by atoms with Crippen LogP contribution in [0.4, 0.5) is 0 Å². The van der Waals surface area contributed by atoms with Crippen molar-refractivity contribution in [3.63, 3.8) is 0 Å². The second-order valence-corrected chi connectivity index (χ2v) is 6.56. The van der Waals surface area contributed by atoms with Crippen LogP contribution in [0.3, 0.4) is 0 Å². The number of likely N-dealkylation sites (N-methyl/N-ethyl adjacent to an activating group) is 1. The Hall–Kier alpha value is -0.830. The molecule has 0 bridgehead atoms. The molecule has 0 radical (unpaired) electrons. The number of rotatable bonds is 5. The number of hydrogen-bond acceptors (Lipinski definition) is 2. The highest BCUT2D eigenvalue weighted by Gasteiger charge is 2.25. The summed E-state index contributed by atoms with van der Waals surface area (Å²) in [6.07, 6.45) is 14.3. The molecule has 3 rings (SSSR count). The van der Waals surface area contributed by atoms with Gasteiger partial charge in [0, 0.05) is 18.3 Å². The lowest BCUT2D eigenvalue weighted by molar-refractivity contribution is 0.249. The molecule has 1 aromatic rings. The normalized spacial score (nSPS) is 21.6. The van der Waals surface area contributed by atoms with E-state index in [4.69, 9.17) is 0 Å². The molecule has 3 nitrogen and oxygen atoms in total. The minimum absolute atomic E-state index is 0.639. The highest BCUT2D eigenvalue weighted by Crippen LogP contribution is 2.28. The van der Waals surface area contributed by atoms with Crippen LogP contribution < -0.4 is 5.32 Å². The molecule has 0 amide bonds. The van der Waals surface area contributed by atoms with Crippen molar-refractivity contribution in [2.45, 2.75) is 77.3 Å². The molecule has 1 N–H and O–H groups in total. The smallest absolute Gasteiger partial charge is 0.0952 e. The summed E-state index contributed by atoms with van der Waals surface area (Å²) in [5.74, 6) is 0.866. The lowest BCUT2D eigenvalue weighted by Gasteiger charge is -2.31. The standard InChI is InChI=1S/C17H29N3/c1-2-18-16(14-8-4-3-5-9-14)12-20-13-19-15-10-6-7-11-17(15)20/h13-14,16,18H,2-12H2,1H3. The molecule has 0 aromatic carbocycles. The van der Waals surface area contributed by atoms with Gasteiger partial charge in [-0.2, -0.15) is 0 Å². The molecule has 1 saturated carbocycles. The number of imidazole rings is 1. The largest absolute Gasteiger partial charge is 0.333 e. The van der Waals surface area contributed by atoms with Crippen LogP contribution in [0.1, 0.15) is 63.3 Å².